The zero-order valence-corrected chi connectivity index (χ0v) is 19.9. The molecule has 1 amide bonds. The van der Waals surface area contributed by atoms with Crippen LogP contribution < -0.4 is 20.7 Å². The molecule has 2 aromatic carbocycles. The van der Waals surface area contributed by atoms with Gasteiger partial charge in [-0.1, -0.05) is 40.2 Å². The van der Waals surface area contributed by atoms with Crippen LogP contribution in [0.5, 0.6) is 5.75 Å². The summed E-state index contributed by atoms with van der Waals surface area (Å²) < 4.78 is 6.24. The van der Waals surface area contributed by atoms with Crippen molar-refractivity contribution >= 4 is 51.8 Å². The Morgan fingerprint density at radius 2 is 1.75 bits per heavy atom. The maximum atomic E-state index is 12.1. The molecule has 2 rings (SSSR count). The predicted molar refractivity (Wildman–Crippen MR) is 128 cm³/mol. The van der Waals surface area contributed by atoms with Crippen molar-refractivity contribution < 1.29 is 9.53 Å². The Hall–Kier alpha value is -1.81. The van der Waals surface area contributed by atoms with Crippen LogP contribution in [0.4, 0.5) is 0 Å². The number of amides is 1. The van der Waals surface area contributed by atoms with Crippen LogP contribution in [0.25, 0.3) is 0 Å². The largest absolute Gasteiger partial charge is 0.496 e. The summed E-state index contributed by atoms with van der Waals surface area (Å²) in [5.74, 6) is 1.48. The van der Waals surface area contributed by atoms with Gasteiger partial charge in [-0.2, -0.15) is 0 Å². The van der Waals surface area contributed by atoms with Crippen molar-refractivity contribution in [2.24, 2.45) is 4.99 Å². The number of para-hydroxylation sites is 1. The van der Waals surface area contributed by atoms with Crippen LogP contribution in [0.1, 0.15) is 15.9 Å². The van der Waals surface area contributed by atoms with Crippen LogP contribution in [0, 0.1) is 0 Å². The first kappa shape index (κ1) is 24.2. The number of methoxy groups -OCH3 is 1. The van der Waals surface area contributed by atoms with Gasteiger partial charge in [-0.05, 0) is 36.2 Å². The smallest absolute Gasteiger partial charge is 0.251 e. The van der Waals surface area contributed by atoms with Crippen molar-refractivity contribution in [3.63, 3.8) is 0 Å². The number of carbonyl (C=O) groups excluding carboxylic acids is 1. The summed E-state index contributed by atoms with van der Waals surface area (Å²) >= 11 is 3.37. The molecule has 0 fully saturated rings. The predicted octanol–water partition coefficient (Wildman–Crippen LogP) is 3.21. The number of halogens is 2. The zero-order chi connectivity index (χ0) is 19.5. The molecule has 0 aliphatic carbocycles. The van der Waals surface area contributed by atoms with E-state index in [-0.39, 0.29) is 29.9 Å². The average molecular weight is 561 g/mol. The van der Waals surface area contributed by atoms with Crippen LogP contribution in [0.2, 0.25) is 0 Å². The quantitative estimate of drug-likeness (QED) is 0.201. The molecular formula is C20H26BrIN4O2. The van der Waals surface area contributed by atoms with E-state index in [0.717, 1.165) is 28.8 Å². The fourth-order valence-electron chi connectivity index (χ4n) is 2.53. The minimum Gasteiger partial charge on any atom is -0.496 e. The maximum Gasteiger partial charge on any atom is 0.251 e. The molecule has 2 aromatic rings. The van der Waals surface area contributed by atoms with Crippen molar-refractivity contribution in [2.45, 2.75) is 6.42 Å². The Balaban J connectivity index is 0.00000392. The molecule has 6 nitrogen and oxygen atoms in total. The van der Waals surface area contributed by atoms with E-state index in [9.17, 15) is 4.79 Å². The highest BCUT2D eigenvalue weighted by atomic mass is 127. The summed E-state index contributed by atoms with van der Waals surface area (Å²) in [4.78, 5) is 16.3. The number of guanidine groups is 1. The number of hydrogen-bond donors (Lipinski definition) is 3. The van der Waals surface area contributed by atoms with Crippen LogP contribution >= 0.6 is 39.9 Å². The molecule has 0 saturated carbocycles. The van der Waals surface area contributed by atoms with Gasteiger partial charge in [0.25, 0.3) is 5.91 Å². The van der Waals surface area contributed by atoms with Gasteiger partial charge in [0.1, 0.15) is 5.75 Å². The molecule has 152 valence electrons. The van der Waals surface area contributed by atoms with Gasteiger partial charge in [0.05, 0.1) is 7.11 Å². The van der Waals surface area contributed by atoms with Gasteiger partial charge >= 0.3 is 0 Å². The number of ether oxygens (including phenoxy) is 1. The fourth-order valence-corrected chi connectivity index (χ4v) is 2.93. The number of hydrogen-bond acceptors (Lipinski definition) is 3. The third-order valence-corrected chi connectivity index (χ3v) is 4.39. The third-order valence-electron chi connectivity index (χ3n) is 3.89. The van der Waals surface area contributed by atoms with Gasteiger partial charge in [0, 0.05) is 36.7 Å². The van der Waals surface area contributed by atoms with E-state index in [0.29, 0.717) is 24.6 Å². The van der Waals surface area contributed by atoms with Crippen molar-refractivity contribution in [3.05, 3.63) is 64.1 Å². The summed E-state index contributed by atoms with van der Waals surface area (Å²) in [5, 5.41) is 9.33. The second-order valence-electron chi connectivity index (χ2n) is 5.75. The van der Waals surface area contributed by atoms with Gasteiger partial charge in [0.15, 0.2) is 5.96 Å². The van der Waals surface area contributed by atoms with E-state index in [2.05, 4.69) is 36.9 Å². The highest BCUT2D eigenvalue weighted by Gasteiger charge is 2.05. The Bertz CT molecular complexity index is 786. The molecule has 0 saturated heterocycles. The Labute approximate surface area is 191 Å². The van der Waals surface area contributed by atoms with Gasteiger partial charge in [-0.15, -0.1) is 24.0 Å². The summed E-state index contributed by atoms with van der Waals surface area (Å²) in [6, 6.07) is 15.3. The third kappa shape index (κ3) is 8.05. The van der Waals surface area contributed by atoms with Crippen molar-refractivity contribution in [1.29, 1.82) is 0 Å². The summed E-state index contributed by atoms with van der Waals surface area (Å²) in [5.41, 5.74) is 1.77. The van der Waals surface area contributed by atoms with Gasteiger partial charge in [0.2, 0.25) is 0 Å². The van der Waals surface area contributed by atoms with Gasteiger partial charge in [-0.3, -0.25) is 9.79 Å². The second kappa shape index (κ2) is 13.4. The zero-order valence-electron chi connectivity index (χ0n) is 16.0. The molecule has 0 heterocycles. The number of aliphatic imine (C=N–C) groups is 1. The lowest BCUT2D eigenvalue weighted by Gasteiger charge is -2.13. The van der Waals surface area contributed by atoms with Crippen LogP contribution in [0.3, 0.4) is 0 Å². The number of benzene rings is 2. The lowest BCUT2D eigenvalue weighted by Crippen LogP contribution is -2.42. The standard InChI is InChI=1S/C20H25BrN4O2.HI/c1-22-20(24-11-10-15-6-3-4-9-18(15)27-2)25-13-12-23-19(26)16-7-5-8-17(21)14-16;/h3-9,14H,10-13H2,1-2H3,(H,23,26)(H2,22,24,25);1H. The number of nitrogens with zero attached hydrogens (tertiary/aromatic N) is 1. The molecule has 0 radical (unpaired) electrons. The normalized spacial score (nSPS) is 10.6. The highest BCUT2D eigenvalue weighted by molar-refractivity contribution is 14.0. The first-order valence-corrected chi connectivity index (χ1v) is 9.53. The van der Waals surface area contributed by atoms with Gasteiger partial charge < -0.3 is 20.7 Å². The number of nitrogens with one attached hydrogen (secondary N) is 3. The lowest BCUT2D eigenvalue weighted by molar-refractivity contribution is 0.0954. The molecule has 0 atom stereocenters. The van der Waals surface area contributed by atoms with Crippen molar-refractivity contribution in [2.75, 3.05) is 33.8 Å². The van der Waals surface area contributed by atoms with Crippen molar-refractivity contribution in [3.8, 4) is 5.75 Å². The molecule has 0 aliphatic rings. The summed E-state index contributed by atoms with van der Waals surface area (Å²) in [6.45, 7) is 1.80. The van der Waals surface area contributed by atoms with E-state index in [1.54, 1.807) is 26.3 Å². The SMILES string of the molecule is CN=C(NCCNC(=O)c1cccc(Br)c1)NCCc1ccccc1OC.I. The molecule has 0 unspecified atom stereocenters. The molecule has 0 aliphatic heterocycles. The van der Waals surface area contributed by atoms with Crippen LogP contribution in [-0.4, -0.2) is 45.7 Å². The van der Waals surface area contributed by atoms with E-state index < -0.39 is 0 Å². The molecule has 0 bridgehead atoms. The molecule has 28 heavy (non-hydrogen) atoms. The highest BCUT2D eigenvalue weighted by Crippen LogP contribution is 2.17. The molecular weight excluding hydrogens is 535 g/mol. The second-order valence-corrected chi connectivity index (χ2v) is 6.67. The average Bonchev–Trinajstić information content (AvgIpc) is 2.69. The number of rotatable bonds is 8. The molecule has 8 heteroatoms. The summed E-state index contributed by atoms with van der Waals surface area (Å²) in [6.07, 6.45) is 0.824. The topological polar surface area (TPSA) is 74.8 Å². The van der Waals surface area contributed by atoms with E-state index >= 15 is 0 Å². The number of carbonyl (C=O) groups is 1. The Kier molecular flexibility index (Phi) is 11.6. The minimum absolute atomic E-state index is 0. The van der Waals surface area contributed by atoms with E-state index in [4.69, 9.17) is 4.74 Å². The monoisotopic (exact) mass is 560 g/mol. The van der Waals surface area contributed by atoms with Crippen LogP contribution in [-0.2, 0) is 6.42 Å². The fraction of sp³-hybridized carbons (Fsp3) is 0.300. The van der Waals surface area contributed by atoms with Crippen LogP contribution in [0.15, 0.2) is 58.0 Å². The van der Waals surface area contributed by atoms with E-state index in [1.165, 1.54) is 0 Å². The van der Waals surface area contributed by atoms with Crippen molar-refractivity contribution in [1.82, 2.24) is 16.0 Å². The molecule has 0 spiro atoms. The van der Waals surface area contributed by atoms with E-state index in [1.807, 2.05) is 36.4 Å². The first-order valence-electron chi connectivity index (χ1n) is 8.74. The lowest BCUT2D eigenvalue weighted by atomic mass is 10.1. The Morgan fingerprint density at radius 3 is 2.46 bits per heavy atom. The van der Waals surface area contributed by atoms with Gasteiger partial charge in [-0.25, -0.2) is 0 Å². The summed E-state index contributed by atoms with van der Waals surface area (Å²) in [7, 11) is 3.40. The first-order chi connectivity index (χ1) is 13.1. The molecule has 3 N–H and O–H groups in total. The molecule has 0 aromatic heterocycles. The minimum atomic E-state index is -0.0998. The Morgan fingerprint density at radius 1 is 1.04 bits per heavy atom. The maximum absolute atomic E-state index is 12.1.